The Labute approximate surface area is 97.0 Å². The van der Waals surface area contributed by atoms with Crippen LogP contribution in [-0.4, -0.2) is 54.1 Å². The van der Waals surface area contributed by atoms with Crippen molar-refractivity contribution in [3.8, 4) is 0 Å². The van der Waals surface area contributed by atoms with Crippen LogP contribution in [0.3, 0.4) is 0 Å². The van der Waals surface area contributed by atoms with Gasteiger partial charge in [0, 0.05) is 38.3 Å². The first-order valence-corrected chi connectivity index (χ1v) is 6.64. The van der Waals surface area contributed by atoms with E-state index in [1.165, 1.54) is 25.7 Å². The molecule has 3 rings (SSSR count). The molecular formula is C12H21N3O. The maximum atomic E-state index is 12.4. The second-order valence-electron chi connectivity index (χ2n) is 5.25. The molecule has 4 heteroatoms. The van der Waals surface area contributed by atoms with Crippen LogP contribution in [0.5, 0.6) is 0 Å². The van der Waals surface area contributed by atoms with E-state index in [1.54, 1.807) is 0 Å². The molecule has 1 atom stereocenters. The number of nitrogens with one attached hydrogen (secondary N) is 1. The summed E-state index contributed by atoms with van der Waals surface area (Å²) in [5.74, 6) is 0. The number of fused-ring (bicyclic) bond motifs is 1. The van der Waals surface area contributed by atoms with Crippen LogP contribution in [0, 0.1) is 0 Å². The van der Waals surface area contributed by atoms with Crippen LogP contribution < -0.4 is 5.32 Å². The van der Waals surface area contributed by atoms with Gasteiger partial charge in [0.25, 0.3) is 0 Å². The first kappa shape index (κ1) is 10.4. The molecule has 1 aliphatic carbocycles. The summed E-state index contributed by atoms with van der Waals surface area (Å²) in [4.78, 5) is 16.6. The summed E-state index contributed by atoms with van der Waals surface area (Å²) in [5, 5.41) is 3.38. The Morgan fingerprint density at radius 1 is 1.00 bits per heavy atom. The van der Waals surface area contributed by atoms with Crippen molar-refractivity contribution in [1.29, 1.82) is 0 Å². The molecule has 0 aromatic carbocycles. The third-order valence-corrected chi connectivity index (χ3v) is 4.31. The Morgan fingerprint density at radius 2 is 1.75 bits per heavy atom. The number of piperazine rings is 1. The van der Waals surface area contributed by atoms with Crippen molar-refractivity contribution in [3.63, 3.8) is 0 Å². The summed E-state index contributed by atoms with van der Waals surface area (Å²) >= 11 is 0. The standard InChI is InChI=1S/C12H21N3O/c16-12-14(10-3-1-2-4-10)7-5-11-9-13-6-8-15(11)12/h10-11,13H,1-9H2. The van der Waals surface area contributed by atoms with E-state index >= 15 is 0 Å². The van der Waals surface area contributed by atoms with Gasteiger partial charge in [-0.2, -0.15) is 0 Å². The molecule has 1 unspecified atom stereocenters. The van der Waals surface area contributed by atoms with Crippen LogP contribution >= 0.6 is 0 Å². The molecule has 4 nitrogen and oxygen atoms in total. The highest BCUT2D eigenvalue weighted by atomic mass is 16.2. The second kappa shape index (κ2) is 4.24. The Morgan fingerprint density at radius 3 is 2.56 bits per heavy atom. The van der Waals surface area contributed by atoms with Gasteiger partial charge in [-0.25, -0.2) is 4.79 Å². The van der Waals surface area contributed by atoms with Gasteiger partial charge in [-0.15, -0.1) is 0 Å². The van der Waals surface area contributed by atoms with Gasteiger partial charge in [-0.1, -0.05) is 12.8 Å². The lowest BCUT2D eigenvalue weighted by atomic mass is 10.0. The predicted octanol–water partition coefficient (Wildman–Crippen LogP) is 1.03. The van der Waals surface area contributed by atoms with Crippen molar-refractivity contribution >= 4 is 6.03 Å². The van der Waals surface area contributed by atoms with E-state index in [4.69, 9.17) is 0 Å². The molecule has 0 bridgehead atoms. The lowest BCUT2D eigenvalue weighted by molar-refractivity contribution is 0.0695. The topological polar surface area (TPSA) is 35.6 Å². The first-order chi connectivity index (χ1) is 7.86. The summed E-state index contributed by atoms with van der Waals surface area (Å²) in [5.41, 5.74) is 0. The van der Waals surface area contributed by atoms with Crippen LogP contribution in [0.25, 0.3) is 0 Å². The van der Waals surface area contributed by atoms with Crippen molar-refractivity contribution in [1.82, 2.24) is 15.1 Å². The van der Waals surface area contributed by atoms with E-state index in [0.29, 0.717) is 18.1 Å². The lowest BCUT2D eigenvalue weighted by Gasteiger charge is -2.46. The molecule has 1 N–H and O–H groups in total. The fourth-order valence-electron chi connectivity index (χ4n) is 3.37. The van der Waals surface area contributed by atoms with Crippen LogP contribution in [-0.2, 0) is 0 Å². The van der Waals surface area contributed by atoms with E-state index < -0.39 is 0 Å². The molecule has 2 heterocycles. The van der Waals surface area contributed by atoms with Crippen molar-refractivity contribution in [3.05, 3.63) is 0 Å². The fourth-order valence-corrected chi connectivity index (χ4v) is 3.37. The van der Waals surface area contributed by atoms with Crippen LogP contribution in [0.2, 0.25) is 0 Å². The molecule has 0 aromatic rings. The second-order valence-corrected chi connectivity index (χ2v) is 5.25. The van der Waals surface area contributed by atoms with Crippen molar-refractivity contribution < 1.29 is 4.79 Å². The summed E-state index contributed by atoms with van der Waals surface area (Å²) in [6.45, 7) is 3.82. The van der Waals surface area contributed by atoms with Gasteiger partial charge in [0.15, 0.2) is 0 Å². The predicted molar refractivity (Wildman–Crippen MR) is 62.3 cm³/mol. The number of nitrogens with zero attached hydrogens (tertiary/aromatic N) is 2. The van der Waals surface area contributed by atoms with E-state index in [0.717, 1.165) is 32.6 Å². The number of rotatable bonds is 1. The monoisotopic (exact) mass is 223 g/mol. The number of carbonyl (C=O) groups excluding carboxylic acids is 1. The third kappa shape index (κ3) is 1.69. The van der Waals surface area contributed by atoms with Gasteiger partial charge in [0.1, 0.15) is 0 Å². The zero-order chi connectivity index (χ0) is 11.0. The minimum Gasteiger partial charge on any atom is -0.322 e. The zero-order valence-electron chi connectivity index (χ0n) is 9.82. The average Bonchev–Trinajstić information content (AvgIpc) is 2.83. The van der Waals surface area contributed by atoms with Gasteiger partial charge in [0.2, 0.25) is 0 Å². The molecule has 0 aromatic heterocycles. The Balaban J connectivity index is 1.70. The quantitative estimate of drug-likeness (QED) is 0.720. The Kier molecular flexibility index (Phi) is 2.75. The minimum atomic E-state index is 0.310. The molecule has 0 spiro atoms. The van der Waals surface area contributed by atoms with Crippen molar-refractivity contribution in [2.75, 3.05) is 26.2 Å². The van der Waals surface area contributed by atoms with Crippen LogP contribution in [0.1, 0.15) is 32.1 Å². The highest BCUT2D eigenvalue weighted by molar-refractivity contribution is 5.76. The molecule has 2 aliphatic heterocycles. The molecule has 90 valence electrons. The number of urea groups is 1. The fraction of sp³-hybridized carbons (Fsp3) is 0.917. The van der Waals surface area contributed by atoms with Gasteiger partial charge >= 0.3 is 6.03 Å². The minimum absolute atomic E-state index is 0.310. The summed E-state index contributed by atoms with van der Waals surface area (Å²) in [7, 11) is 0. The van der Waals surface area contributed by atoms with E-state index in [1.807, 2.05) is 0 Å². The Hall–Kier alpha value is -0.770. The summed E-state index contributed by atoms with van der Waals surface area (Å²) in [6, 6.07) is 1.31. The van der Waals surface area contributed by atoms with Crippen molar-refractivity contribution in [2.24, 2.45) is 0 Å². The van der Waals surface area contributed by atoms with Gasteiger partial charge in [-0.05, 0) is 19.3 Å². The molecule has 3 fully saturated rings. The normalized spacial score (nSPS) is 32.0. The highest BCUT2D eigenvalue weighted by Gasteiger charge is 2.38. The number of hydrogen-bond acceptors (Lipinski definition) is 2. The third-order valence-electron chi connectivity index (χ3n) is 4.31. The van der Waals surface area contributed by atoms with E-state index in [9.17, 15) is 4.79 Å². The zero-order valence-corrected chi connectivity index (χ0v) is 9.82. The molecular weight excluding hydrogens is 202 g/mol. The van der Waals surface area contributed by atoms with Crippen LogP contribution in [0.4, 0.5) is 4.79 Å². The van der Waals surface area contributed by atoms with Gasteiger partial charge in [-0.3, -0.25) is 0 Å². The number of amides is 2. The van der Waals surface area contributed by atoms with Gasteiger partial charge < -0.3 is 15.1 Å². The van der Waals surface area contributed by atoms with E-state index in [2.05, 4.69) is 15.1 Å². The number of carbonyl (C=O) groups is 1. The van der Waals surface area contributed by atoms with Gasteiger partial charge in [0.05, 0.1) is 0 Å². The molecule has 2 saturated heterocycles. The lowest BCUT2D eigenvalue weighted by Crippen LogP contribution is -2.62. The molecule has 1 saturated carbocycles. The molecule has 3 aliphatic rings. The average molecular weight is 223 g/mol. The largest absolute Gasteiger partial charge is 0.322 e. The maximum Gasteiger partial charge on any atom is 0.320 e. The molecule has 2 amide bonds. The van der Waals surface area contributed by atoms with Crippen molar-refractivity contribution in [2.45, 2.75) is 44.2 Å². The Bertz CT molecular complexity index is 275. The summed E-state index contributed by atoms with van der Waals surface area (Å²) in [6.07, 6.45) is 6.21. The SMILES string of the molecule is O=C1N(C2CCCC2)CCC2CNCCN12. The molecule has 16 heavy (non-hydrogen) atoms. The number of hydrogen-bond donors (Lipinski definition) is 1. The van der Waals surface area contributed by atoms with Crippen LogP contribution in [0.15, 0.2) is 0 Å². The summed E-state index contributed by atoms with van der Waals surface area (Å²) < 4.78 is 0. The first-order valence-electron chi connectivity index (χ1n) is 6.64. The smallest absolute Gasteiger partial charge is 0.320 e. The highest BCUT2D eigenvalue weighted by Crippen LogP contribution is 2.28. The molecule has 0 radical (unpaired) electrons. The maximum absolute atomic E-state index is 12.4. The van der Waals surface area contributed by atoms with E-state index in [-0.39, 0.29) is 0 Å².